The fourth-order valence-corrected chi connectivity index (χ4v) is 0.863. The van der Waals surface area contributed by atoms with Crippen LogP contribution in [0.25, 0.3) is 0 Å². The van der Waals surface area contributed by atoms with E-state index >= 15 is 0 Å². The highest BCUT2D eigenvalue weighted by atomic mass is 19.1. The van der Waals surface area contributed by atoms with Crippen molar-refractivity contribution in [2.24, 2.45) is 0 Å². The number of aliphatic hydroxyl groups excluding tert-OH is 1. The molecule has 0 spiro atoms. The van der Waals surface area contributed by atoms with Crippen LogP contribution in [0, 0.1) is 5.82 Å². The standard InChI is InChI=1S/C9H10FNO/c1-2-3-9(12)8-5-4-7(10)6-11-8/h2,4-6,9,12H,1,3H2. The molecule has 0 aliphatic rings. The van der Waals surface area contributed by atoms with E-state index < -0.39 is 11.9 Å². The number of hydrogen-bond donors (Lipinski definition) is 1. The highest BCUT2D eigenvalue weighted by molar-refractivity contribution is 5.08. The molecule has 2 nitrogen and oxygen atoms in total. The zero-order chi connectivity index (χ0) is 8.97. The minimum Gasteiger partial charge on any atom is -0.386 e. The molecule has 12 heavy (non-hydrogen) atoms. The third-order valence-corrected chi connectivity index (χ3v) is 1.48. The summed E-state index contributed by atoms with van der Waals surface area (Å²) in [5.41, 5.74) is 0.469. The molecule has 0 saturated heterocycles. The van der Waals surface area contributed by atoms with E-state index in [2.05, 4.69) is 11.6 Å². The van der Waals surface area contributed by atoms with Crippen molar-refractivity contribution in [3.8, 4) is 0 Å². The average Bonchev–Trinajstić information content (AvgIpc) is 2.06. The summed E-state index contributed by atoms with van der Waals surface area (Å²) in [5, 5.41) is 9.36. The van der Waals surface area contributed by atoms with Gasteiger partial charge in [0.15, 0.2) is 0 Å². The van der Waals surface area contributed by atoms with Crippen LogP contribution >= 0.6 is 0 Å². The highest BCUT2D eigenvalue weighted by Gasteiger charge is 2.05. The molecule has 0 aliphatic heterocycles. The summed E-state index contributed by atoms with van der Waals surface area (Å²) >= 11 is 0. The van der Waals surface area contributed by atoms with Crippen LogP contribution in [0.1, 0.15) is 18.2 Å². The Morgan fingerprint density at radius 3 is 2.92 bits per heavy atom. The van der Waals surface area contributed by atoms with E-state index in [0.717, 1.165) is 6.20 Å². The Morgan fingerprint density at radius 1 is 1.67 bits per heavy atom. The molecule has 0 bridgehead atoms. The Hall–Kier alpha value is -1.22. The third-order valence-electron chi connectivity index (χ3n) is 1.48. The quantitative estimate of drug-likeness (QED) is 0.696. The maximum absolute atomic E-state index is 12.4. The number of nitrogens with zero attached hydrogens (tertiary/aromatic N) is 1. The number of aliphatic hydroxyl groups is 1. The fourth-order valence-electron chi connectivity index (χ4n) is 0.863. The molecule has 0 fully saturated rings. The fraction of sp³-hybridized carbons (Fsp3) is 0.222. The van der Waals surface area contributed by atoms with Crippen molar-refractivity contribution >= 4 is 0 Å². The van der Waals surface area contributed by atoms with E-state index in [0.29, 0.717) is 12.1 Å². The molecule has 1 heterocycles. The van der Waals surface area contributed by atoms with Crippen molar-refractivity contribution in [2.75, 3.05) is 0 Å². The van der Waals surface area contributed by atoms with Crippen molar-refractivity contribution in [1.29, 1.82) is 0 Å². The van der Waals surface area contributed by atoms with E-state index in [1.807, 2.05) is 0 Å². The van der Waals surface area contributed by atoms with Gasteiger partial charge in [0.25, 0.3) is 0 Å². The number of aromatic nitrogens is 1. The van der Waals surface area contributed by atoms with Gasteiger partial charge in [-0.3, -0.25) is 4.98 Å². The molecule has 1 unspecified atom stereocenters. The molecule has 0 aliphatic carbocycles. The highest BCUT2D eigenvalue weighted by Crippen LogP contribution is 2.13. The van der Waals surface area contributed by atoms with Crippen LogP contribution in [0.15, 0.2) is 31.0 Å². The SMILES string of the molecule is C=CCC(O)c1ccc(F)cn1. The summed E-state index contributed by atoms with van der Waals surface area (Å²) in [4.78, 5) is 3.72. The van der Waals surface area contributed by atoms with Gasteiger partial charge in [-0.15, -0.1) is 6.58 Å². The largest absolute Gasteiger partial charge is 0.386 e. The maximum Gasteiger partial charge on any atom is 0.141 e. The van der Waals surface area contributed by atoms with Crippen LogP contribution in [0.5, 0.6) is 0 Å². The second kappa shape index (κ2) is 3.97. The first kappa shape index (κ1) is 8.87. The molecule has 0 amide bonds. The van der Waals surface area contributed by atoms with Gasteiger partial charge in [-0.25, -0.2) is 4.39 Å². The summed E-state index contributed by atoms with van der Waals surface area (Å²) in [5.74, 6) is -0.399. The van der Waals surface area contributed by atoms with Crippen molar-refractivity contribution in [3.05, 3.63) is 42.5 Å². The van der Waals surface area contributed by atoms with Crippen LogP contribution in [-0.2, 0) is 0 Å². The molecular formula is C9H10FNO. The average molecular weight is 167 g/mol. The topological polar surface area (TPSA) is 33.1 Å². The van der Waals surface area contributed by atoms with E-state index in [1.165, 1.54) is 12.1 Å². The lowest BCUT2D eigenvalue weighted by Gasteiger charge is -2.05. The number of rotatable bonds is 3. The van der Waals surface area contributed by atoms with Crippen LogP contribution in [0.3, 0.4) is 0 Å². The van der Waals surface area contributed by atoms with E-state index in [-0.39, 0.29) is 0 Å². The van der Waals surface area contributed by atoms with E-state index in [4.69, 9.17) is 0 Å². The first-order valence-corrected chi connectivity index (χ1v) is 3.64. The molecule has 1 aromatic heterocycles. The number of halogens is 1. The molecule has 1 rings (SSSR count). The Kier molecular flexibility index (Phi) is 2.94. The van der Waals surface area contributed by atoms with Gasteiger partial charge in [-0.05, 0) is 18.6 Å². The normalized spacial score (nSPS) is 12.5. The molecule has 1 aromatic rings. The van der Waals surface area contributed by atoms with Crippen molar-refractivity contribution in [1.82, 2.24) is 4.98 Å². The maximum atomic E-state index is 12.4. The Morgan fingerprint density at radius 2 is 2.42 bits per heavy atom. The molecule has 1 N–H and O–H groups in total. The van der Waals surface area contributed by atoms with Gasteiger partial charge in [0, 0.05) is 0 Å². The van der Waals surface area contributed by atoms with Crippen molar-refractivity contribution in [2.45, 2.75) is 12.5 Å². The Bertz CT molecular complexity index is 258. The number of pyridine rings is 1. The second-order valence-corrected chi connectivity index (χ2v) is 2.44. The minimum absolute atomic E-state index is 0.399. The molecule has 3 heteroatoms. The zero-order valence-electron chi connectivity index (χ0n) is 6.57. The van der Waals surface area contributed by atoms with Crippen LogP contribution < -0.4 is 0 Å². The Labute approximate surface area is 70.4 Å². The van der Waals surface area contributed by atoms with Gasteiger partial charge >= 0.3 is 0 Å². The van der Waals surface area contributed by atoms with Gasteiger partial charge in [0.1, 0.15) is 5.82 Å². The van der Waals surface area contributed by atoms with Crippen LogP contribution in [-0.4, -0.2) is 10.1 Å². The Balaban J connectivity index is 2.74. The van der Waals surface area contributed by atoms with Crippen LogP contribution in [0.2, 0.25) is 0 Å². The molecule has 0 radical (unpaired) electrons. The summed E-state index contributed by atoms with van der Waals surface area (Å²) < 4.78 is 12.4. The molecule has 0 aromatic carbocycles. The predicted molar refractivity (Wildman–Crippen MR) is 44.0 cm³/mol. The second-order valence-electron chi connectivity index (χ2n) is 2.44. The third kappa shape index (κ3) is 2.13. The van der Waals surface area contributed by atoms with Gasteiger partial charge in [0.05, 0.1) is 18.0 Å². The van der Waals surface area contributed by atoms with Gasteiger partial charge in [-0.2, -0.15) is 0 Å². The molecule has 1 atom stereocenters. The van der Waals surface area contributed by atoms with Gasteiger partial charge < -0.3 is 5.11 Å². The van der Waals surface area contributed by atoms with E-state index in [9.17, 15) is 9.50 Å². The summed E-state index contributed by atoms with van der Waals surface area (Å²) in [6.45, 7) is 3.48. The first-order valence-electron chi connectivity index (χ1n) is 3.64. The van der Waals surface area contributed by atoms with Crippen LogP contribution in [0.4, 0.5) is 4.39 Å². The van der Waals surface area contributed by atoms with Gasteiger partial charge in [0.2, 0.25) is 0 Å². The van der Waals surface area contributed by atoms with Crippen molar-refractivity contribution < 1.29 is 9.50 Å². The lowest BCUT2D eigenvalue weighted by Crippen LogP contribution is -1.98. The molecule has 64 valence electrons. The minimum atomic E-state index is -0.678. The zero-order valence-corrected chi connectivity index (χ0v) is 6.57. The monoisotopic (exact) mass is 167 g/mol. The lowest BCUT2D eigenvalue weighted by molar-refractivity contribution is 0.176. The molecular weight excluding hydrogens is 157 g/mol. The summed E-state index contributed by atoms with van der Waals surface area (Å²) in [6.07, 6.45) is 2.43. The molecule has 0 saturated carbocycles. The van der Waals surface area contributed by atoms with E-state index in [1.54, 1.807) is 6.08 Å². The lowest BCUT2D eigenvalue weighted by atomic mass is 10.2. The number of hydrogen-bond acceptors (Lipinski definition) is 2. The first-order chi connectivity index (χ1) is 5.74. The van der Waals surface area contributed by atoms with Crippen molar-refractivity contribution in [3.63, 3.8) is 0 Å². The predicted octanol–water partition coefficient (Wildman–Crippen LogP) is 1.83. The summed E-state index contributed by atoms with van der Waals surface area (Å²) in [7, 11) is 0. The van der Waals surface area contributed by atoms with Gasteiger partial charge in [-0.1, -0.05) is 6.08 Å². The summed E-state index contributed by atoms with van der Waals surface area (Å²) in [6, 6.07) is 2.73. The smallest absolute Gasteiger partial charge is 0.141 e.